The van der Waals surface area contributed by atoms with E-state index in [1.165, 1.54) is 5.56 Å². The number of benzene rings is 2. The lowest BCUT2D eigenvalue weighted by atomic mass is 9.94. The monoisotopic (exact) mass is 351 g/mol. The third kappa shape index (κ3) is 3.72. The minimum Gasteiger partial charge on any atom is -0.351 e. The second kappa shape index (κ2) is 7.07. The number of carbonyl (C=O) groups is 1. The maximum absolute atomic E-state index is 13.0. The van der Waals surface area contributed by atoms with Gasteiger partial charge in [-0.3, -0.25) is 4.79 Å². The maximum Gasteiger partial charge on any atom is 0.255 e. The molecule has 25 heavy (non-hydrogen) atoms. The van der Waals surface area contributed by atoms with Crippen LogP contribution in [0.1, 0.15) is 29.7 Å². The average molecular weight is 351 g/mol. The van der Waals surface area contributed by atoms with Crippen LogP contribution in [0.25, 0.3) is 0 Å². The van der Waals surface area contributed by atoms with Gasteiger partial charge in [-0.05, 0) is 50.2 Å². The smallest absolute Gasteiger partial charge is 0.255 e. The number of thiocarbonyl (C=S) groups is 1. The van der Waals surface area contributed by atoms with Gasteiger partial charge in [-0.15, -0.1) is 0 Å². The van der Waals surface area contributed by atoms with E-state index in [0.29, 0.717) is 10.7 Å². The summed E-state index contributed by atoms with van der Waals surface area (Å²) in [5, 5.41) is 9.82. The molecule has 0 aliphatic carbocycles. The van der Waals surface area contributed by atoms with Crippen molar-refractivity contribution in [2.75, 3.05) is 5.32 Å². The predicted molar refractivity (Wildman–Crippen MR) is 105 cm³/mol. The van der Waals surface area contributed by atoms with Gasteiger partial charge >= 0.3 is 0 Å². The maximum atomic E-state index is 13.0. The summed E-state index contributed by atoms with van der Waals surface area (Å²) in [6.45, 7) is 5.89. The number of carbonyl (C=O) groups excluding carboxylic acids is 1. The Morgan fingerprint density at radius 2 is 1.72 bits per heavy atom. The van der Waals surface area contributed by atoms with E-state index in [0.717, 1.165) is 22.5 Å². The number of nitrogens with one attached hydrogen (secondary N) is 3. The minimum atomic E-state index is -0.279. The molecule has 1 aliphatic heterocycles. The number of rotatable bonds is 3. The van der Waals surface area contributed by atoms with Gasteiger partial charge in [-0.2, -0.15) is 0 Å². The molecule has 4 nitrogen and oxygen atoms in total. The van der Waals surface area contributed by atoms with Crippen molar-refractivity contribution in [3.8, 4) is 0 Å². The summed E-state index contributed by atoms with van der Waals surface area (Å²) in [6, 6.07) is 15.6. The van der Waals surface area contributed by atoms with E-state index in [1.54, 1.807) is 0 Å². The standard InChI is InChI=1S/C20H21N3OS/c1-12-8-10-15(11-9-12)18-17(14(3)21-20(25)23-18)19(24)22-16-7-5-4-6-13(16)2/h4-11,18H,1-3H3,(H,22,24)(H2,21,23,25)/t18-/m1/s1. The second-order valence-electron chi connectivity index (χ2n) is 6.25. The van der Waals surface area contributed by atoms with Crippen LogP contribution in [0, 0.1) is 13.8 Å². The van der Waals surface area contributed by atoms with E-state index in [-0.39, 0.29) is 11.9 Å². The number of amides is 1. The molecule has 0 fully saturated rings. The fourth-order valence-corrected chi connectivity index (χ4v) is 3.18. The molecular weight excluding hydrogens is 330 g/mol. The Hall–Kier alpha value is -2.66. The first-order valence-electron chi connectivity index (χ1n) is 8.17. The Morgan fingerprint density at radius 1 is 1.04 bits per heavy atom. The number of anilines is 1. The van der Waals surface area contributed by atoms with Crippen molar-refractivity contribution < 1.29 is 4.79 Å². The molecule has 2 aromatic carbocycles. The number of allylic oxidation sites excluding steroid dienone is 1. The molecular formula is C20H21N3OS. The number of hydrogen-bond acceptors (Lipinski definition) is 2. The van der Waals surface area contributed by atoms with Gasteiger partial charge in [0.05, 0.1) is 11.6 Å². The Morgan fingerprint density at radius 3 is 2.40 bits per heavy atom. The molecule has 3 rings (SSSR count). The van der Waals surface area contributed by atoms with Crippen LogP contribution in [-0.2, 0) is 4.79 Å². The van der Waals surface area contributed by atoms with Gasteiger partial charge in [0.15, 0.2) is 5.11 Å². The van der Waals surface area contributed by atoms with Gasteiger partial charge in [-0.1, -0.05) is 48.0 Å². The van der Waals surface area contributed by atoms with Crippen molar-refractivity contribution in [2.45, 2.75) is 26.8 Å². The summed E-state index contributed by atoms with van der Waals surface area (Å²) in [5.74, 6) is -0.139. The highest BCUT2D eigenvalue weighted by molar-refractivity contribution is 7.80. The molecule has 1 atom stereocenters. The van der Waals surface area contributed by atoms with E-state index in [9.17, 15) is 4.79 Å². The highest BCUT2D eigenvalue weighted by atomic mass is 32.1. The molecule has 3 N–H and O–H groups in total. The van der Waals surface area contributed by atoms with Gasteiger partial charge in [0, 0.05) is 11.4 Å². The van der Waals surface area contributed by atoms with E-state index >= 15 is 0 Å². The van der Waals surface area contributed by atoms with Gasteiger partial charge in [0.25, 0.3) is 5.91 Å². The first-order valence-corrected chi connectivity index (χ1v) is 8.58. The summed E-state index contributed by atoms with van der Waals surface area (Å²) in [6.07, 6.45) is 0. The Balaban J connectivity index is 1.96. The van der Waals surface area contributed by atoms with Crippen molar-refractivity contribution in [1.29, 1.82) is 0 Å². The van der Waals surface area contributed by atoms with E-state index in [1.807, 2.05) is 69.3 Å². The molecule has 0 saturated carbocycles. The van der Waals surface area contributed by atoms with E-state index < -0.39 is 0 Å². The van der Waals surface area contributed by atoms with Crippen LogP contribution in [0.4, 0.5) is 5.69 Å². The van der Waals surface area contributed by atoms with Crippen molar-refractivity contribution in [3.63, 3.8) is 0 Å². The van der Waals surface area contributed by atoms with Crippen LogP contribution in [0.5, 0.6) is 0 Å². The Bertz CT molecular complexity index is 855. The normalized spacial score (nSPS) is 16.9. The average Bonchev–Trinajstić information content (AvgIpc) is 2.57. The van der Waals surface area contributed by atoms with Crippen LogP contribution < -0.4 is 16.0 Å². The quantitative estimate of drug-likeness (QED) is 0.738. The highest BCUT2D eigenvalue weighted by Gasteiger charge is 2.29. The van der Waals surface area contributed by atoms with Crippen LogP contribution in [0.3, 0.4) is 0 Å². The van der Waals surface area contributed by atoms with Crippen LogP contribution in [0.2, 0.25) is 0 Å². The van der Waals surface area contributed by atoms with Crippen molar-refractivity contribution in [3.05, 3.63) is 76.5 Å². The lowest BCUT2D eigenvalue weighted by molar-refractivity contribution is -0.113. The fourth-order valence-electron chi connectivity index (χ4n) is 2.91. The third-order valence-corrected chi connectivity index (χ3v) is 4.54. The molecule has 0 saturated heterocycles. The summed E-state index contributed by atoms with van der Waals surface area (Å²) in [5.41, 5.74) is 5.41. The summed E-state index contributed by atoms with van der Waals surface area (Å²) in [7, 11) is 0. The third-order valence-electron chi connectivity index (χ3n) is 4.32. The van der Waals surface area contributed by atoms with Gasteiger partial charge in [-0.25, -0.2) is 0 Å². The topological polar surface area (TPSA) is 53.2 Å². The van der Waals surface area contributed by atoms with Crippen molar-refractivity contribution in [2.24, 2.45) is 0 Å². The zero-order valence-corrected chi connectivity index (χ0v) is 15.3. The molecule has 1 heterocycles. The van der Waals surface area contributed by atoms with Gasteiger partial charge < -0.3 is 16.0 Å². The number of para-hydroxylation sites is 1. The van der Waals surface area contributed by atoms with Crippen molar-refractivity contribution >= 4 is 28.9 Å². The molecule has 1 aliphatic rings. The number of aryl methyl sites for hydroxylation is 2. The largest absolute Gasteiger partial charge is 0.351 e. The minimum absolute atomic E-state index is 0.139. The first kappa shape index (κ1) is 17.2. The van der Waals surface area contributed by atoms with Crippen LogP contribution in [0.15, 0.2) is 59.8 Å². The molecule has 128 valence electrons. The first-order chi connectivity index (χ1) is 12.0. The molecule has 0 radical (unpaired) electrons. The molecule has 0 spiro atoms. The SMILES string of the molecule is CC1=C(C(=O)Nc2ccccc2C)[C@@H](c2ccc(C)cc2)NC(=S)N1. The highest BCUT2D eigenvalue weighted by Crippen LogP contribution is 2.28. The molecule has 0 unspecified atom stereocenters. The zero-order chi connectivity index (χ0) is 18.0. The van der Waals surface area contributed by atoms with Crippen LogP contribution in [-0.4, -0.2) is 11.0 Å². The summed E-state index contributed by atoms with van der Waals surface area (Å²) >= 11 is 5.29. The van der Waals surface area contributed by atoms with Gasteiger partial charge in [0.1, 0.15) is 0 Å². The van der Waals surface area contributed by atoms with E-state index in [4.69, 9.17) is 12.2 Å². The summed E-state index contributed by atoms with van der Waals surface area (Å²) in [4.78, 5) is 13.0. The molecule has 0 aromatic heterocycles. The second-order valence-corrected chi connectivity index (χ2v) is 6.66. The molecule has 0 bridgehead atoms. The van der Waals surface area contributed by atoms with Crippen molar-refractivity contribution in [1.82, 2.24) is 10.6 Å². The fraction of sp³-hybridized carbons (Fsp3) is 0.200. The van der Waals surface area contributed by atoms with Gasteiger partial charge in [0.2, 0.25) is 0 Å². The molecule has 2 aromatic rings. The van der Waals surface area contributed by atoms with E-state index in [2.05, 4.69) is 16.0 Å². The Labute approximate surface area is 153 Å². The lowest BCUT2D eigenvalue weighted by Gasteiger charge is -2.30. The Kier molecular flexibility index (Phi) is 4.86. The lowest BCUT2D eigenvalue weighted by Crippen LogP contribution is -2.45. The predicted octanol–water partition coefficient (Wildman–Crippen LogP) is 3.73. The zero-order valence-electron chi connectivity index (χ0n) is 14.5. The van der Waals surface area contributed by atoms with Crippen LogP contribution >= 0.6 is 12.2 Å². The molecule has 1 amide bonds. The molecule has 5 heteroatoms. The number of hydrogen-bond donors (Lipinski definition) is 3. The summed E-state index contributed by atoms with van der Waals surface area (Å²) < 4.78 is 0.